The first-order valence-corrected chi connectivity index (χ1v) is 12.5. The summed E-state index contributed by atoms with van der Waals surface area (Å²) in [5.41, 5.74) is 1.40. The zero-order valence-electron chi connectivity index (χ0n) is 19.7. The van der Waals surface area contributed by atoms with E-state index >= 15 is 4.39 Å². The minimum Gasteiger partial charge on any atom is -0.497 e. The van der Waals surface area contributed by atoms with Crippen molar-refractivity contribution in [2.45, 2.75) is 64.0 Å². The molecule has 2 aromatic rings. The van der Waals surface area contributed by atoms with Crippen LogP contribution < -0.4 is 4.74 Å². The first-order chi connectivity index (χ1) is 16.0. The predicted octanol–water partition coefficient (Wildman–Crippen LogP) is 6.03. The van der Waals surface area contributed by atoms with Gasteiger partial charge in [0.05, 0.1) is 12.6 Å². The zero-order chi connectivity index (χ0) is 23.2. The van der Waals surface area contributed by atoms with Crippen LogP contribution in [0.15, 0.2) is 30.5 Å². The number of carboxylic acids is 1. The number of hydrogen-bond acceptors (Lipinski definition) is 4. The quantitative estimate of drug-likeness (QED) is 0.473. The molecule has 1 aromatic heterocycles. The monoisotopic (exact) mass is 456 g/mol. The van der Waals surface area contributed by atoms with Gasteiger partial charge in [0, 0.05) is 24.5 Å². The van der Waals surface area contributed by atoms with Crippen LogP contribution in [0.1, 0.15) is 69.5 Å². The molecule has 1 saturated carbocycles. The summed E-state index contributed by atoms with van der Waals surface area (Å²) in [6, 6.07) is 7.30. The number of rotatable bonds is 10. The fourth-order valence-corrected chi connectivity index (χ4v) is 5.92. The van der Waals surface area contributed by atoms with E-state index in [1.165, 1.54) is 32.1 Å². The predicted molar refractivity (Wildman–Crippen MR) is 128 cm³/mol. The Morgan fingerprint density at radius 1 is 1.21 bits per heavy atom. The first kappa shape index (κ1) is 23.9. The molecule has 1 aromatic carbocycles. The molecule has 2 heterocycles. The summed E-state index contributed by atoms with van der Waals surface area (Å²) in [7, 11) is 1.60. The van der Waals surface area contributed by atoms with Crippen molar-refractivity contribution in [1.82, 2.24) is 9.88 Å². The number of likely N-dealkylation sites (tertiary alicyclic amines) is 1. The van der Waals surface area contributed by atoms with Gasteiger partial charge in [-0.3, -0.25) is 9.78 Å². The number of ether oxygens (including phenoxy) is 1. The van der Waals surface area contributed by atoms with Gasteiger partial charge in [0.25, 0.3) is 0 Å². The Hall–Kier alpha value is -2.21. The largest absolute Gasteiger partial charge is 0.497 e. The van der Waals surface area contributed by atoms with E-state index in [1.54, 1.807) is 19.4 Å². The third-order valence-corrected chi connectivity index (χ3v) is 7.85. The molecule has 6 heteroatoms. The van der Waals surface area contributed by atoms with Crippen LogP contribution in [-0.4, -0.2) is 47.7 Å². The second kappa shape index (κ2) is 11.3. The maximum Gasteiger partial charge on any atom is 0.303 e. The topological polar surface area (TPSA) is 62.7 Å². The number of aromatic nitrogens is 1. The van der Waals surface area contributed by atoms with Crippen molar-refractivity contribution >= 4 is 16.9 Å². The summed E-state index contributed by atoms with van der Waals surface area (Å²) in [5.74, 6) is 1.15. The van der Waals surface area contributed by atoms with E-state index in [1.807, 2.05) is 18.2 Å². The van der Waals surface area contributed by atoms with Crippen molar-refractivity contribution in [3.8, 4) is 5.75 Å². The van der Waals surface area contributed by atoms with Gasteiger partial charge in [-0.25, -0.2) is 4.39 Å². The van der Waals surface area contributed by atoms with Crippen LogP contribution in [0.4, 0.5) is 4.39 Å². The molecule has 2 fully saturated rings. The second-order valence-corrected chi connectivity index (χ2v) is 9.97. The van der Waals surface area contributed by atoms with Crippen molar-refractivity contribution in [2.75, 3.05) is 26.7 Å². The Morgan fingerprint density at radius 3 is 2.79 bits per heavy atom. The first-order valence-electron chi connectivity index (χ1n) is 12.5. The van der Waals surface area contributed by atoms with Gasteiger partial charge in [0.2, 0.25) is 0 Å². The van der Waals surface area contributed by atoms with E-state index in [0.29, 0.717) is 24.2 Å². The molecule has 33 heavy (non-hydrogen) atoms. The summed E-state index contributed by atoms with van der Waals surface area (Å²) in [6.45, 7) is 2.90. The van der Waals surface area contributed by atoms with E-state index in [-0.39, 0.29) is 18.3 Å². The number of halogens is 1. The van der Waals surface area contributed by atoms with E-state index in [2.05, 4.69) is 9.88 Å². The molecule has 2 aliphatic rings. The fraction of sp³-hybridized carbons (Fsp3) is 0.630. The standard InChI is InChI=1S/C27H37FN2O3/c1-33-22-7-9-26-24(17-22)23(10-13-29-26)25(28)8-6-20-12-15-30(18-21(20)16-27(31)32)14-11-19-4-2-3-5-19/h7,9-10,13,17,19-21,25H,2-6,8,11-12,14-16,18H2,1H3,(H,31,32)/t20-,21+,25+/m1/s1. The number of hydrogen-bond donors (Lipinski definition) is 1. The molecule has 5 nitrogen and oxygen atoms in total. The molecule has 0 spiro atoms. The Kier molecular flexibility index (Phi) is 8.18. The molecule has 0 bridgehead atoms. The molecular weight excluding hydrogens is 419 g/mol. The number of methoxy groups -OCH3 is 1. The number of piperidine rings is 1. The fourth-order valence-electron chi connectivity index (χ4n) is 5.92. The molecule has 1 saturated heterocycles. The number of nitrogens with zero attached hydrogens (tertiary/aromatic N) is 2. The molecule has 0 amide bonds. The average Bonchev–Trinajstić information content (AvgIpc) is 3.34. The molecule has 4 rings (SSSR count). The van der Waals surface area contributed by atoms with Gasteiger partial charge in [0.1, 0.15) is 11.9 Å². The lowest BCUT2D eigenvalue weighted by molar-refractivity contribution is -0.139. The maximum absolute atomic E-state index is 15.4. The minimum absolute atomic E-state index is 0.0984. The molecule has 1 N–H and O–H groups in total. The average molecular weight is 457 g/mol. The highest BCUT2D eigenvalue weighted by molar-refractivity contribution is 5.83. The van der Waals surface area contributed by atoms with Gasteiger partial charge >= 0.3 is 5.97 Å². The van der Waals surface area contributed by atoms with Crippen LogP contribution in [0.25, 0.3) is 10.9 Å². The van der Waals surface area contributed by atoms with Crippen LogP contribution in [0.3, 0.4) is 0 Å². The van der Waals surface area contributed by atoms with E-state index in [9.17, 15) is 9.90 Å². The summed E-state index contributed by atoms with van der Waals surface area (Å²) < 4.78 is 20.7. The van der Waals surface area contributed by atoms with Crippen LogP contribution in [0.2, 0.25) is 0 Å². The molecule has 1 aliphatic heterocycles. The molecule has 3 atom stereocenters. The van der Waals surface area contributed by atoms with Gasteiger partial charge in [-0.15, -0.1) is 0 Å². The number of benzene rings is 1. The van der Waals surface area contributed by atoms with Crippen LogP contribution in [0, 0.1) is 17.8 Å². The third kappa shape index (κ3) is 6.23. The van der Waals surface area contributed by atoms with Gasteiger partial charge in [-0.1, -0.05) is 25.7 Å². The molecular formula is C27H37FN2O3. The lowest BCUT2D eigenvalue weighted by atomic mass is 9.79. The van der Waals surface area contributed by atoms with Crippen molar-refractivity contribution in [1.29, 1.82) is 0 Å². The zero-order valence-corrected chi connectivity index (χ0v) is 19.7. The van der Waals surface area contributed by atoms with Crippen molar-refractivity contribution in [3.63, 3.8) is 0 Å². The molecule has 180 valence electrons. The SMILES string of the molecule is COc1ccc2nccc([C@@H](F)CC[C@@H]3CCN(CCC4CCCC4)C[C@@H]3CC(=O)O)c2c1. The van der Waals surface area contributed by atoms with Gasteiger partial charge in [0.15, 0.2) is 0 Å². The van der Waals surface area contributed by atoms with Crippen LogP contribution in [0.5, 0.6) is 5.75 Å². The Balaban J connectivity index is 1.37. The Labute approximate surface area is 196 Å². The Morgan fingerprint density at radius 2 is 2.03 bits per heavy atom. The van der Waals surface area contributed by atoms with Gasteiger partial charge in [-0.05, 0) is 86.4 Å². The highest BCUT2D eigenvalue weighted by Crippen LogP contribution is 2.36. The van der Waals surface area contributed by atoms with Crippen LogP contribution >= 0.6 is 0 Å². The second-order valence-electron chi connectivity index (χ2n) is 9.97. The smallest absolute Gasteiger partial charge is 0.303 e. The van der Waals surface area contributed by atoms with Gasteiger partial charge in [-0.2, -0.15) is 0 Å². The number of alkyl halides is 1. The number of fused-ring (bicyclic) bond motifs is 1. The Bertz CT molecular complexity index is 931. The lowest BCUT2D eigenvalue weighted by Gasteiger charge is -2.38. The van der Waals surface area contributed by atoms with E-state index in [4.69, 9.17) is 4.74 Å². The summed E-state index contributed by atoms with van der Waals surface area (Å²) >= 11 is 0. The number of aliphatic carboxylic acids is 1. The van der Waals surface area contributed by atoms with Crippen molar-refractivity contribution in [3.05, 3.63) is 36.0 Å². The minimum atomic E-state index is -1.10. The highest BCUT2D eigenvalue weighted by atomic mass is 19.1. The normalized spacial score (nSPS) is 23.1. The number of carboxylic acid groups (broad SMARTS) is 1. The summed E-state index contributed by atoms with van der Waals surface area (Å²) in [4.78, 5) is 18.4. The van der Waals surface area contributed by atoms with Gasteiger partial charge < -0.3 is 14.7 Å². The molecule has 0 radical (unpaired) electrons. The summed E-state index contributed by atoms with van der Waals surface area (Å²) in [5, 5.41) is 10.3. The van der Waals surface area contributed by atoms with Crippen molar-refractivity contribution < 1.29 is 19.0 Å². The number of pyridine rings is 1. The van der Waals surface area contributed by atoms with E-state index < -0.39 is 12.1 Å². The maximum atomic E-state index is 15.4. The van der Waals surface area contributed by atoms with Crippen molar-refractivity contribution in [2.24, 2.45) is 17.8 Å². The molecule has 1 aliphatic carbocycles. The third-order valence-electron chi connectivity index (χ3n) is 7.85. The summed E-state index contributed by atoms with van der Waals surface area (Å²) in [6.07, 6.45) is 9.46. The highest BCUT2D eigenvalue weighted by Gasteiger charge is 2.32. The van der Waals surface area contributed by atoms with Crippen LogP contribution in [-0.2, 0) is 4.79 Å². The van der Waals surface area contributed by atoms with E-state index in [0.717, 1.165) is 42.9 Å². The number of carbonyl (C=O) groups is 1. The molecule has 0 unspecified atom stereocenters. The lowest BCUT2D eigenvalue weighted by Crippen LogP contribution is -2.42.